The van der Waals surface area contributed by atoms with Gasteiger partial charge in [-0.15, -0.1) is 0 Å². The molecule has 0 bridgehead atoms. The highest BCUT2D eigenvalue weighted by Crippen LogP contribution is 2.35. The van der Waals surface area contributed by atoms with Gasteiger partial charge in [-0.2, -0.15) is 10.4 Å². The summed E-state index contributed by atoms with van der Waals surface area (Å²) >= 11 is 6.34. The van der Waals surface area contributed by atoms with Crippen LogP contribution >= 0.6 is 11.6 Å². The van der Waals surface area contributed by atoms with E-state index in [4.69, 9.17) is 16.7 Å². The molecule has 1 aliphatic rings. The van der Waals surface area contributed by atoms with Gasteiger partial charge in [-0.3, -0.25) is 14.5 Å². The minimum atomic E-state index is -0.632. The monoisotopic (exact) mass is 546 g/mol. The van der Waals surface area contributed by atoms with E-state index in [0.717, 1.165) is 32.8 Å². The molecule has 2 amide bonds. The molecule has 0 aliphatic carbocycles. The van der Waals surface area contributed by atoms with E-state index < -0.39 is 11.8 Å². The zero-order valence-corrected chi connectivity index (χ0v) is 23.5. The molecular formula is C33H27ClN4O2. The highest BCUT2D eigenvalue weighted by atomic mass is 35.5. The number of aryl methyl sites for hydroxylation is 3. The lowest BCUT2D eigenvalue weighted by atomic mass is 9.91. The van der Waals surface area contributed by atoms with E-state index in [9.17, 15) is 14.9 Å². The molecule has 0 saturated heterocycles. The number of rotatable bonds is 5. The van der Waals surface area contributed by atoms with Gasteiger partial charge in [0.25, 0.3) is 11.8 Å². The van der Waals surface area contributed by atoms with Gasteiger partial charge in [-0.1, -0.05) is 65.7 Å². The quantitative estimate of drug-likeness (QED) is 0.201. The van der Waals surface area contributed by atoms with Crippen LogP contribution in [0.15, 0.2) is 89.6 Å². The second-order valence-electron chi connectivity index (χ2n) is 9.94. The van der Waals surface area contributed by atoms with Gasteiger partial charge in [0.1, 0.15) is 17.3 Å². The zero-order valence-electron chi connectivity index (χ0n) is 22.7. The Bertz CT molecular complexity index is 1750. The summed E-state index contributed by atoms with van der Waals surface area (Å²) < 4.78 is 1.78. The molecule has 2 heterocycles. The third kappa shape index (κ3) is 4.88. The first-order valence-electron chi connectivity index (χ1n) is 12.9. The minimum absolute atomic E-state index is 0.0422. The molecule has 0 N–H and O–H groups in total. The second-order valence-corrected chi connectivity index (χ2v) is 10.4. The highest BCUT2D eigenvalue weighted by Gasteiger charge is 2.36. The van der Waals surface area contributed by atoms with Crippen molar-refractivity contribution in [2.24, 2.45) is 0 Å². The van der Waals surface area contributed by atoms with E-state index in [1.807, 2.05) is 56.4 Å². The van der Waals surface area contributed by atoms with Gasteiger partial charge in [-0.05, 0) is 74.2 Å². The van der Waals surface area contributed by atoms with Crippen LogP contribution in [-0.4, -0.2) is 26.5 Å². The zero-order chi connectivity index (χ0) is 28.6. The number of halogens is 1. The SMILES string of the molecule is CC1=C(C#N)C(=O)N(Cc2ccccc2Cl)C(=O)/C1=C/c1cn(-c2ccccc2)nc1-c1c(C)cc(C)cc1C. The highest BCUT2D eigenvalue weighted by molar-refractivity contribution is 6.31. The third-order valence-corrected chi connectivity index (χ3v) is 7.46. The summed E-state index contributed by atoms with van der Waals surface area (Å²) in [5.41, 5.74) is 7.66. The van der Waals surface area contributed by atoms with E-state index in [2.05, 4.69) is 19.1 Å². The average molecular weight is 547 g/mol. The molecule has 4 aromatic rings. The molecule has 6 nitrogen and oxygen atoms in total. The maximum atomic E-state index is 13.9. The van der Waals surface area contributed by atoms with Crippen molar-refractivity contribution in [2.75, 3.05) is 0 Å². The Hall–Kier alpha value is -4.73. The van der Waals surface area contributed by atoms with Crippen molar-refractivity contribution in [1.82, 2.24) is 14.7 Å². The molecule has 198 valence electrons. The molecular weight excluding hydrogens is 520 g/mol. The first-order chi connectivity index (χ1) is 19.2. The van der Waals surface area contributed by atoms with Crippen LogP contribution in [0.5, 0.6) is 0 Å². The van der Waals surface area contributed by atoms with Crippen molar-refractivity contribution in [3.8, 4) is 23.0 Å². The van der Waals surface area contributed by atoms with Crippen molar-refractivity contribution < 1.29 is 9.59 Å². The molecule has 1 aliphatic heterocycles. The van der Waals surface area contributed by atoms with Gasteiger partial charge in [0, 0.05) is 27.9 Å². The van der Waals surface area contributed by atoms with Crippen LogP contribution in [-0.2, 0) is 16.1 Å². The number of nitrogens with zero attached hydrogens (tertiary/aromatic N) is 4. The fraction of sp³-hybridized carbons (Fsp3) is 0.152. The van der Waals surface area contributed by atoms with Gasteiger partial charge < -0.3 is 0 Å². The van der Waals surface area contributed by atoms with E-state index in [0.29, 0.717) is 27.4 Å². The number of aromatic nitrogens is 2. The largest absolute Gasteiger partial charge is 0.271 e. The maximum Gasteiger partial charge on any atom is 0.271 e. The normalized spacial score (nSPS) is 14.7. The maximum absolute atomic E-state index is 13.9. The van der Waals surface area contributed by atoms with Crippen molar-refractivity contribution in [3.63, 3.8) is 0 Å². The summed E-state index contributed by atoms with van der Waals surface area (Å²) in [6, 6.07) is 23.0. The molecule has 5 rings (SSSR count). The number of hydrogen-bond acceptors (Lipinski definition) is 4. The van der Waals surface area contributed by atoms with Crippen molar-refractivity contribution >= 4 is 29.5 Å². The van der Waals surface area contributed by atoms with Crippen LogP contribution in [0.25, 0.3) is 23.0 Å². The summed E-state index contributed by atoms with van der Waals surface area (Å²) in [6.07, 6.45) is 3.61. The molecule has 7 heteroatoms. The molecule has 3 aromatic carbocycles. The lowest BCUT2D eigenvalue weighted by molar-refractivity contribution is -0.141. The molecule has 0 atom stereocenters. The predicted octanol–water partition coefficient (Wildman–Crippen LogP) is 6.91. The first kappa shape index (κ1) is 26.9. The smallest absolute Gasteiger partial charge is 0.269 e. The molecule has 0 fully saturated rings. The number of hydrogen-bond donors (Lipinski definition) is 0. The number of nitriles is 1. The van der Waals surface area contributed by atoms with Crippen LogP contribution < -0.4 is 0 Å². The Morgan fingerprint density at radius 1 is 0.925 bits per heavy atom. The fourth-order valence-electron chi connectivity index (χ4n) is 5.18. The Labute approximate surface area is 238 Å². The number of carbonyl (C=O) groups excluding carboxylic acids is 2. The summed E-state index contributed by atoms with van der Waals surface area (Å²) in [6.45, 7) is 7.74. The molecule has 0 spiro atoms. The van der Waals surface area contributed by atoms with Crippen molar-refractivity contribution in [1.29, 1.82) is 5.26 Å². The first-order valence-corrected chi connectivity index (χ1v) is 13.2. The Morgan fingerprint density at radius 2 is 1.57 bits per heavy atom. The number of imide groups is 1. The number of carbonyl (C=O) groups is 2. The minimum Gasteiger partial charge on any atom is -0.269 e. The average Bonchev–Trinajstić information content (AvgIpc) is 3.33. The van der Waals surface area contributed by atoms with E-state index in [1.165, 1.54) is 0 Å². The Morgan fingerprint density at radius 3 is 2.23 bits per heavy atom. The van der Waals surface area contributed by atoms with Gasteiger partial charge in [0.2, 0.25) is 0 Å². The fourth-order valence-corrected chi connectivity index (χ4v) is 5.38. The van der Waals surface area contributed by atoms with Gasteiger partial charge in [0.15, 0.2) is 0 Å². The van der Waals surface area contributed by atoms with E-state index >= 15 is 0 Å². The second kappa shape index (κ2) is 10.8. The molecule has 40 heavy (non-hydrogen) atoms. The van der Waals surface area contributed by atoms with Gasteiger partial charge in [0.05, 0.1) is 12.2 Å². The van der Waals surface area contributed by atoms with Crippen LogP contribution in [0.1, 0.15) is 34.7 Å². The molecule has 1 aromatic heterocycles. The van der Waals surface area contributed by atoms with Crippen molar-refractivity contribution in [2.45, 2.75) is 34.2 Å². The Kier molecular flexibility index (Phi) is 7.25. The predicted molar refractivity (Wildman–Crippen MR) is 157 cm³/mol. The van der Waals surface area contributed by atoms with Crippen LogP contribution in [0.2, 0.25) is 5.02 Å². The van der Waals surface area contributed by atoms with E-state index in [1.54, 1.807) is 41.9 Å². The van der Waals surface area contributed by atoms with Crippen molar-refractivity contribution in [3.05, 3.63) is 122 Å². The summed E-state index contributed by atoms with van der Waals surface area (Å²) in [5, 5.41) is 15.3. The van der Waals surface area contributed by atoms with Crippen LogP contribution in [0.4, 0.5) is 0 Å². The summed E-state index contributed by atoms with van der Waals surface area (Å²) in [4.78, 5) is 28.2. The van der Waals surface area contributed by atoms with Gasteiger partial charge >= 0.3 is 0 Å². The van der Waals surface area contributed by atoms with Crippen LogP contribution in [0, 0.1) is 32.1 Å². The summed E-state index contributed by atoms with van der Waals surface area (Å²) in [5.74, 6) is -1.12. The standard InChI is InChI=1S/C33H27ClN4O2/c1-20-14-21(2)30(22(3)15-20)31-25(19-38(36-31)26-11-6-5-7-12-26)16-27-23(4)28(17-35)33(40)37(32(27)39)18-24-10-8-9-13-29(24)34/h5-16,19H,18H2,1-4H3/b27-16+. The number of para-hydroxylation sites is 1. The third-order valence-electron chi connectivity index (χ3n) is 7.09. The van der Waals surface area contributed by atoms with Crippen LogP contribution in [0.3, 0.4) is 0 Å². The lowest BCUT2D eigenvalue weighted by Gasteiger charge is -2.27. The molecule has 0 radical (unpaired) electrons. The lowest BCUT2D eigenvalue weighted by Crippen LogP contribution is -2.42. The Balaban J connectivity index is 1.70. The number of benzene rings is 3. The molecule has 0 unspecified atom stereocenters. The van der Waals surface area contributed by atoms with E-state index in [-0.39, 0.29) is 17.7 Å². The topological polar surface area (TPSA) is 79.0 Å². The van der Waals surface area contributed by atoms with Gasteiger partial charge in [-0.25, -0.2) is 4.68 Å². The summed E-state index contributed by atoms with van der Waals surface area (Å²) in [7, 11) is 0. The number of amides is 2. The molecule has 0 saturated carbocycles.